The van der Waals surface area contributed by atoms with Gasteiger partial charge in [0.2, 0.25) is 0 Å². The van der Waals surface area contributed by atoms with Crippen LogP contribution in [0.15, 0.2) is 63.1 Å². The van der Waals surface area contributed by atoms with Crippen LogP contribution in [0.4, 0.5) is 15.8 Å². The molecule has 5 N–H and O–H groups in total. The van der Waals surface area contributed by atoms with E-state index in [-0.39, 0.29) is 63.8 Å². The van der Waals surface area contributed by atoms with Gasteiger partial charge < -0.3 is 15.3 Å². The lowest BCUT2D eigenvalue weighted by atomic mass is 9.77. The average molecular weight is 562 g/mol. The summed E-state index contributed by atoms with van der Waals surface area (Å²) in [5.74, 6) is -1.48. The SMILES string of the molecule is NS(=O)(=O)Nc1ccc2c(c1)S(=O)(=O)N=C(C1=C(O)[C@H]3C([C@@H]4CC[C@H]3C4)N(Cc3ccc(F)cc3)C1=O)N2. The molecule has 38 heavy (non-hydrogen) atoms. The summed E-state index contributed by atoms with van der Waals surface area (Å²) in [5.41, 5.74) is 0.458. The third-order valence-electron chi connectivity index (χ3n) is 7.77. The first kappa shape index (κ1) is 24.8. The van der Waals surface area contributed by atoms with Gasteiger partial charge in [-0.2, -0.15) is 16.8 Å². The molecule has 0 aromatic heterocycles. The molecule has 0 spiro atoms. The van der Waals surface area contributed by atoms with Gasteiger partial charge in [-0.05, 0) is 67.0 Å². The number of aliphatic hydroxyl groups is 1. The second-order valence-corrected chi connectivity index (χ2v) is 12.9. The lowest BCUT2D eigenvalue weighted by Gasteiger charge is -2.44. The number of fused-ring (bicyclic) bond motifs is 6. The first-order chi connectivity index (χ1) is 17.9. The Balaban J connectivity index is 1.41. The molecule has 1 amide bonds. The number of hydrogen-bond acceptors (Lipinski definition) is 7. The second-order valence-electron chi connectivity index (χ2n) is 10.1. The van der Waals surface area contributed by atoms with E-state index >= 15 is 0 Å². The van der Waals surface area contributed by atoms with Gasteiger partial charge >= 0.3 is 0 Å². The Morgan fingerprint density at radius 1 is 1.16 bits per heavy atom. The molecule has 2 fully saturated rings. The molecule has 4 atom stereocenters. The van der Waals surface area contributed by atoms with Gasteiger partial charge in [0.25, 0.3) is 26.1 Å². The number of rotatable bonds is 5. The number of benzene rings is 2. The summed E-state index contributed by atoms with van der Waals surface area (Å²) >= 11 is 0. The van der Waals surface area contributed by atoms with Crippen molar-refractivity contribution in [1.82, 2.24) is 4.90 Å². The summed E-state index contributed by atoms with van der Waals surface area (Å²) < 4.78 is 68.3. The molecule has 2 aromatic carbocycles. The number of sulfonamides is 1. The first-order valence-corrected chi connectivity index (χ1v) is 15.0. The predicted molar refractivity (Wildman–Crippen MR) is 136 cm³/mol. The zero-order valence-corrected chi connectivity index (χ0v) is 21.5. The number of carbonyl (C=O) groups excluding carboxylic acids is 1. The summed E-state index contributed by atoms with van der Waals surface area (Å²) in [6.45, 7) is 0.166. The van der Waals surface area contributed by atoms with Crippen molar-refractivity contribution in [3.8, 4) is 0 Å². The van der Waals surface area contributed by atoms with Gasteiger partial charge in [0, 0.05) is 18.5 Å². The van der Waals surface area contributed by atoms with E-state index in [9.17, 15) is 31.1 Å². The molecule has 0 radical (unpaired) electrons. The fourth-order valence-electron chi connectivity index (χ4n) is 6.33. The van der Waals surface area contributed by atoms with Crippen LogP contribution in [0.25, 0.3) is 0 Å². The Labute approximate surface area is 218 Å². The summed E-state index contributed by atoms with van der Waals surface area (Å²) in [7, 11) is -8.53. The molecular weight excluding hydrogens is 537 g/mol. The van der Waals surface area contributed by atoms with Crippen molar-refractivity contribution in [1.29, 1.82) is 0 Å². The lowest BCUT2D eigenvalue weighted by molar-refractivity contribution is -0.134. The minimum absolute atomic E-state index is 0.0585. The molecule has 6 rings (SSSR count). The largest absolute Gasteiger partial charge is 0.511 e. The van der Waals surface area contributed by atoms with Gasteiger partial charge in [-0.1, -0.05) is 12.1 Å². The molecule has 2 saturated carbocycles. The van der Waals surface area contributed by atoms with Crippen LogP contribution >= 0.6 is 0 Å². The molecule has 2 aliphatic heterocycles. The Morgan fingerprint density at radius 2 is 1.87 bits per heavy atom. The van der Waals surface area contributed by atoms with Crippen LogP contribution in [0.1, 0.15) is 24.8 Å². The fraction of sp³-hybridized carbons (Fsp3) is 0.333. The van der Waals surface area contributed by atoms with Crippen molar-refractivity contribution in [2.24, 2.45) is 27.3 Å². The van der Waals surface area contributed by atoms with Crippen LogP contribution in [0.2, 0.25) is 0 Å². The highest BCUT2D eigenvalue weighted by Crippen LogP contribution is 2.55. The van der Waals surface area contributed by atoms with Crippen molar-refractivity contribution < 1.29 is 31.1 Å². The van der Waals surface area contributed by atoms with Crippen molar-refractivity contribution in [3.63, 3.8) is 0 Å². The number of carbonyl (C=O) groups is 1. The summed E-state index contributed by atoms with van der Waals surface area (Å²) in [5, 5.41) is 19.2. The normalized spacial score (nSPS) is 27.5. The highest BCUT2D eigenvalue weighted by molar-refractivity contribution is 7.91. The Bertz CT molecular complexity index is 1640. The molecular formula is C24H24FN5O6S2. The Kier molecular flexibility index (Phi) is 5.56. The highest BCUT2D eigenvalue weighted by atomic mass is 32.2. The third kappa shape index (κ3) is 4.12. The minimum atomic E-state index is -4.39. The van der Waals surface area contributed by atoms with Gasteiger partial charge in [0.05, 0.1) is 11.4 Å². The maximum atomic E-state index is 13.9. The van der Waals surface area contributed by atoms with E-state index in [1.54, 1.807) is 17.0 Å². The van der Waals surface area contributed by atoms with E-state index in [2.05, 4.69) is 9.71 Å². The molecule has 11 nitrogen and oxygen atoms in total. The van der Waals surface area contributed by atoms with Crippen molar-refractivity contribution in [3.05, 3.63) is 65.2 Å². The van der Waals surface area contributed by atoms with Crippen molar-refractivity contribution in [2.75, 3.05) is 10.0 Å². The predicted octanol–water partition coefficient (Wildman–Crippen LogP) is 2.22. The molecule has 1 unspecified atom stereocenters. The van der Waals surface area contributed by atoms with E-state index in [4.69, 9.17) is 5.14 Å². The molecule has 200 valence electrons. The van der Waals surface area contributed by atoms with Gasteiger partial charge in [-0.25, -0.2) is 9.53 Å². The second kappa shape index (κ2) is 8.51. The van der Waals surface area contributed by atoms with Gasteiger partial charge in [-0.15, -0.1) is 4.40 Å². The molecule has 2 heterocycles. The topological polar surface area (TPSA) is 171 Å². The quantitative estimate of drug-likeness (QED) is 0.433. The minimum Gasteiger partial charge on any atom is -0.511 e. The fourth-order valence-corrected chi connectivity index (χ4v) is 7.93. The Morgan fingerprint density at radius 3 is 2.58 bits per heavy atom. The standard InChI is InChI=1S/C24H24FN5O6S2/c25-15-5-1-12(2-6-15)11-30-21-14-4-3-13(9-14)19(21)22(31)20(24(30)32)23-27-17-8-7-16(28-38(26,35)36)10-18(17)37(33,34)29-23/h1-2,5-8,10,13-14,19,21,28,31H,3-4,9,11H2,(H,27,29)(H2,26,35,36)/t13-,14+,19+,21?/m0/s1. The van der Waals surface area contributed by atoms with Crippen LogP contribution in [0.3, 0.4) is 0 Å². The van der Waals surface area contributed by atoms with E-state index in [1.165, 1.54) is 24.3 Å². The van der Waals surface area contributed by atoms with E-state index in [1.807, 2.05) is 4.72 Å². The van der Waals surface area contributed by atoms with Gasteiger partial charge in [-0.3, -0.25) is 9.52 Å². The molecule has 14 heteroatoms. The monoisotopic (exact) mass is 561 g/mol. The zero-order chi connectivity index (χ0) is 27.0. The van der Waals surface area contributed by atoms with Crippen molar-refractivity contribution in [2.45, 2.75) is 36.7 Å². The summed E-state index contributed by atoms with van der Waals surface area (Å²) in [6, 6.07) is 9.23. The average Bonchev–Trinajstić information content (AvgIpc) is 3.45. The van der Waals surface area contributed by atoms with Crippen LogP contribution in [0, 0.1) is 23.6 Å². The van der Waals surface area contributed by atoms with Crippen LogP contribution < -0.4 is 15.2 Å². The number of nitrogens with two attached hydrogens (primary N) is 1. The summed E-state index contributed by atoms with van der Waals surface area (Å²) in [6.07, 6.45) is 2.67. The van der Waals surface area contributed by atoms with Crippen LogP contribution in [-0.2, 0) is 31.6 Å². The number of aliphatic hydroxyl groups excluding tert-OH is 1. The lowest BCUT2D eigenvalue weighted by Crippen LogP contribution is -2.53. The number of amidine groups is 1. The smallest absolute Gasteiger partial charge is 0.296 e. The van der Waals surface area contributed by atoms with E-state index in [0.717, 1.165) is 25.3 Å². The first-order valence-electron chi connectivity index (χ1n) is 12.0. The maximum Gasteiger partial charge on any atom is 0.296 e. The zero-order valence-electron chi connectivity index (χ0n) is 19.8. The number of anilines is 2. The van der Waals surface area contributed by atoms with E-state index in [0.29, 0.717) is 5.56 Å². The summed E-state index contributed by atoms with van der Waals surface area (Å²) in [4.78, 5) is 15.2. The maximum absolute atomic E-state index is 13.9. The molecule has 2 aliphatic carbocycles. The molecule has 2 aromatic rings. The molecule has 4 aliphatic rings. The third-order valence-corrected chi connectivity index (χ3v) is 9.60. The van der Waals surface area contributed by atoms with Crippen LogP contribution in [-0.4, -0.2) is 44.6 Å². The van der Waals surface area contributed by atoms with Gasteiger partial charge in [0.15, 0.2) is 5.84 Å². The number of halogens is 1. The van der Waals surface area contributed by atoms with Gasteiger partial charge in [0.1, 0.15) is 22.0 Å². The van der Waals surface area contributed by atoms with Crippen molar-refractivity contribution >= 4 is 43.4 Å². The number of hydrogen-bond donors (Lipinski definition) is 4. The Hall–Kier alpha value is -3.49. The number of nitrogens with one attached hydrogen (secondary N) is 2. The van der Waals surface area contributed by atoms with Crippen LogP contribution in [0.5, 0.6) is 0 Å². The highest BCUT2D eigenvalue weighted by Gasteiger charge is 2.57. The molecule has 0 saturated heterocycles. The van der Waals surface area contributed by atoms with E-state index < -0.39 is 32.0 Å². The number of nitrogens with zero attached hydrogens (tertiary/aromatic N) is 2. The molecule has 2 bridgehead atoms. The number of amides is 1.